The van der Waals surface area contributed by atoms with E-state index in [2.05, 4.69) is 5.32 Å². The third-order valence-corrected chi connectivity index (χ3v) is 4.82. The zero-order valence-electron chi connectivity index (χ0n) is 12.6. The molecule has 1 N–H and O–H groups in total. The molecule has 1 heterocycles. The van der Waals surface area contributed by atoms with Crippen molar-refractivity contribution in [3.8, 4) is 0 Å². The monoisotopic (exact) mass is 320 g/mol. The number of anilines is 1. The fourth-order valence-electron chi connectivity index (χ4n) is 3.07. The first kappa shape index (κ1) is 15.3. The largest absolute Gasteiger partial charge is 0.342 e. The van der Waals surface area contributed by atoms with E-state index in [0.717, 1.165) is 25.9 Å². The molecule has 22 heavy (non-hydrogen) atoms. The predicted octanol–water partition coefficient (Wildman–Crippen LogP) is 3.32. The van der Waals surface area contributed by atoms with Crippen LogP contribution in [0.4, 0.5) is 5.69 Å². The van der Waals surface area contributed by atoms with Crippen molar-refractivity contribution >= 4 is 29.1 Å². The number of carbonyl (C=O) groups excluding carboxylic acids is 2. The number of carbonyl (C=O) groups is 2. The number of nitrogens with zero attached hydrogens (tertiary/aromatic N) is 1. The first-order chi connectivity index (χ1) is 10.7. The topological polar surface area (TPSA) is 49.4 Å². The van der Waals surface area contributed by atoms with Gasteiger partial charge in [-0.25, -0.2) is 0 Å². The number of likely N-dealkylation sites (tertiary alicyclic amines) is 1. The number of hydrogen-bond donors (Lipinski definition) is 1. The van der Waals surface area contributed by atoms with Crippen LogP contribution in [0.1, 0.15) is 32.1 Å². The number of rotatable bonds is 3. The van der Waals surface area contributed by atoms with Crippen LogP contribution < -0.4 is 5.32 Å². The zero-order valence-corrected chi connectivity index (χ0v) is 13.3. The van der Waals surface area contributed by atoms with E-state index < -0.39 is 0 Å². The first-order valence-electron chi connectivity index (χ1n) is 8.01. The van der Waals surface area contributed by atoms with Gasteiger partial charge in [0, 0.05) is 13.1 Å². The van der Waals surface area contributed by atoms with Gasteiger partial charge in [0.2, 0.25) is 11.8 Å². The van der Waals surface area contributed by atoms with Gasteiger partial charge in [-0.3, -0.25) is 9.59 Å². The molecule has 2 fully saturated rings. The molecule has 3 rings (SSSR count). The molecule has 1 aromatic carbocycles. The van der Waals surface area contributed by atoms with Crippen molar-refractivity contribution in [3.05, 3.63) is 29.3 Å². The minimum absolute atomic E-state index is 0.0960. The lowest BCUT2D eigenvalue weighted by Gasteiger charge is -2.20. The van der Waals surface area contributed by atoms with Crippen molar-refractivity contribution in [1.29, 1.82) is 0 Å². The van der Waals surface area contributed by atoms with Crippen molar-refractivity contribution in [3.63, 3.8) is 0 Å². The minimum atomic E-state index is -0.202. The lowest BCUT2D eigenvalue weighted by atomic mass is 10.2. The molecule has 2 unspecified atom stereocenters. The molecular weight excluding hydrogens is 300 g/mol. The van der Waals surface area contributed by atoms with Crippen molar-refractivity contribution in [2.24, 2.45) is 11.8 Å². The lowest BCUT2D eigenvalue weighted by Crippen LogP contribution is -2.34. The maximum atomic E-state index is 12.5. The smallest absolute Gasteiger partial charge is 0.228 e. The molecule has 2 atom stereocenters. The van der Waals surface area contributed by atoms with Crippen LogP contribution in [0.2, 0.25) is 5.02 Å². The van der Waals surface area contributed by atoms with Crippen LogP contribution in [-0.2, 0) is 9.59 Å². The van der Waals surface area contributed by atoms with Gasteiger partial charge in [-0.05, 0) is 31.4 Å². The molecule has 2 amide bonds. The molecule has 1 saturated heterocycles. The van der Waals surface area contributed by atoms with Gasteiger partial charge in [-0.1, -0.05) is 36.6 Å². The van der Waals surface area contributed by atoms with Gasteiger partial charge in [0.15, 0.2) is 0 Å². The molecule has 1 aromatic rings. The summed E-state index contributed by atoms with van der Waals surface area (Å²) in [5.41, 5.74) is 0.613. The van der Waals surface area contributed by atoms with Crippen LogP contribution in [0.5, 0.6) is 0 Å². The summed E-state index contributed by atoms with van der Waals surface area (Å²) >= 11 is 6.04. The Bertz CT molecular complexity index is 568. The highest BCUT2D eigenvalue weighted by molar-refractivity contribution is 6.33. The SMILES string of the molecule is O=C(Nc1ccccc1Cl)C1CC1C(=O)N1CCCCCC1. The van der Waals surface area contributed by atoms with Crippen LogP contribution in [0, 0.1) is 11.8 Å². The number of hydrogen-bond acceptors (Lipinski definition) is 2. The van der Waals surface area contributed by atoms with Crippen LogP contribution in [-0.4, -0.2) is 29.8 Å². The summed E-state index contributed by atoms with van der Waals surface area (Å²) in [7, 11) is 0. The van der Waals surface area contributed by atoms with E-state index in [1.807, 2.05) is 17.0 Å². The Balaban J connectivity index is 1.56. The van der Waals surface area contributed by atoms with Crippen molar-refractivity contribution < 1.29 is 9.59 Å². The van der Waals surface area contributed by atoms with Gasteiger partial charge >= 0.3 is 0 Å². The van der Waals surface area contributed by atoms with E-state index in [1.165, 1.54) is 12.8 Å². The van der Waals surface area contributed by atoms with Gasteiger partial charge in [0.05, 0.1) is 22.5 Å². The fraction of sp³-hybridized carbons (Fsp3) is 0.529. The van der Waals surface area contributed by atoms with Crippen LogP contribution in [0.3, 0.4) is 0 Å². The van der Waals surface area contributed by atoms with Gasteiger partial charge in [0.1, 0.15) is 0 Å². The normalized spacial score (nSPS) is 24.5. The summed E-state index contributed by atoms with van der Waals surface area (Å²) in [6, 6.07) is 7.16. The van der Waals surface area contributed by atoms with Crippen LogP contribution >= 0.6 is 11.6 Å². The van der Waals surface area contributed by atoms with Gasteiger partial charge < -0.3 is 10.2 Å². The molecule has 1 saturated carbocycles. The van der Waals surface area contributed by atoms with Crippen LogP contribution in [0.25, 0.3) is 0 Å². The molecule has 0 aromatic heterocycles. The zero-order chi connectivity index (χ0) is 15.5. The summed E-state index contributed by atoms with van der Waals surface area (Å²) in [4.78, 5) is 26.7. The van der Waals surface area contributed by atoms with E-state index in [1.54, 1.807) is 12.1 Å². The Morgan fingerprint density at radius 1 is 1.05 bits per heavy atom. The second kappa shape index (κ2) is 6.69. The summed E-state index contributed by atoms with van der Waals surface area (Å²) in [5.74, 6) is -0.282. The van der Waals surface area contributed by atoms with E-state index >= 15 is 0 Å². The molecule has 118 valence electrons. The quantitative estimate of drug-likeness (QED) is 0.928. The number of amides is 2. The number of halogens is 1. The third-order valence-electron chi connectivity index (χ3n) is 4.49. The molecule has 5 heteroatoms. The Morgan fingerprint density at radius 2 is 1.73 bits per heavy atom. The number of para-hydroxylation sites is 1. The molecule has 4 nitrogen and oxygen atoms in total. The predicted molar refractivity (Wildman–Crippen MR) is 86.7 cm³/mol. The van der Waals surface area contributed by atoms with Crippen molar-refractivity contribution in [2.45, 2.75) is 32.1 Å². The molecule has 1 aliphatic carbocycles. The Labute approximate surface area is 135 Å². The van der Waals surface area contributed by atoms with E-state index in [4.69, 9.17) is 11.6 Å². The lowest BCUT2D eigenvalue weighted by molar-refractivity contribution is -0.134. The average molecular weight is 321 g/mol. The molecule has 2 aliphatic rings. The Hall–Kier alpha value is -1.55. The molecule has 0 bridgehead atoms. The van der Waals surface area contributed by atoms with E-state index in [-0.39, 0.29) is 23.7 Å². The number of benzene rings is 1. The van der Waals surface area contributed by atoms with Gasteiger partial charge in [-0.2, -0.15) is 0 Å². The third kappa shape index (κ3) is 3.43. The summed E-state index contributed by atoms with van der Waals surface area (Å²) in [5, 5.41) is 3.35. The maximum absolute atomic E-state index is 12.5. The Morgan fingerprint density at radius 3 is 2.41 bits per heavy atom. The molecular formula is C17H21ClN2O2. The fourth-order valence-corrected chi connectivity index (χ4v) is 3.25. The van der Waals surface area contributed by atoms with Crippen LogP contribution in [0.15, 0.2) is 24.3 Å². The standard InChI is InChI=1S/C17H21ClN2O2/c18-14-7-3-4-8-15(14)19-16(21)12-11-13(12)17(22)20-9-5-1-2-6-10-20/h3-4,7-8,12-13H,1-2,5-6,9-11H2,(H,19,21). The maximum Gasteiger partial charge on any atom is 0.228 e. The second-order valence-corrected chi connectivity index (χ2v) is 6.56. The molecule has 1 aliphatic heterocycles. The average Bonchev–Trinajstić information content (AvgIpc) is 3.33. The highest BCUT2D eigenvalue weighted by atomic mass is 35.5. The van der Waals surface area contributed by atoms with Gasteiger partial charge in [-0.15, -0.1) is 0 Å². The summed E-state index contributed by atoms with van der Waals surface area (Å²) in [6.45, 7) is 1.68. The summed E-state index contributed by atoms with van der Waals surface area (Å²) in [6.07, 6.45) is 5.21. The highest BCUT2D eigenvalue weighted by Crippen LogP contribution is 2.41. The summed E-state index contributed by atoms with van der Waals surface area (Å²) < 4.78 is 0. The molecule has 0 spiro atoms. The Kier molecular flexibility index (Phi) is 4.67. The van der Waals surface area contributed by atoms with E-state index in [9.17, 15) is 9.59 Å². The number of nitrogens with one attached hydrogen (secondary N) is 1. The van der Waals surface area contributed by atoms with Gasteiger partial charge in [0.25, 0.3) is 0 Å². The molecule has 0 radical (unpaired) electrons. The van der Waals surface area contributed by atoms with E-state index in [0.29, 0.717) is 17.1 Å². The van der Waals surface area contributed by atoms with Crippen molar-refractivity contribution in [2.75, 3.05) is 18.4 Å². The highest BCUT2D eigenvalue weighted by Gasteiger charge is 2.49. The van der Waals surface area contributed by atoms with Crippen molar-refractivity contribution in [1.82, 2.24) is 4.90 Å². The first-order valence-corrected chi connectivity index (χ1v) is 8.39. The second-order valence-electron chi connectivity index (χ2n) is 6.16. The minimum Gasteiger partial charge on any atom is -0.342 e.